The molecule has 0 bridgehead atoms. The quantitative estimate of drug-likeness (QED) is 0.437. The van der Waals surface area contributed by atoms with Gasteiger partial charge < -0.3 is 15.2 Å². The summed E-state index contributed by atoms with van der Waals surface area (Å²) in [6.07, 6.45) is 2.82. The molecule has 0 spiro atoms. The molecule has 2 heterocycles. The maximum Gasteiger partial charge on any atom is 0.292 e. The minimum Gasteiger partial charge on any atom is -0.346 e. The molecule has 3 rings (SSSR count). The van der Waals surface area contributed by atoms with E-state index in [0.717, 1.165) is 0 Å². The lowest BCUT2D eigenvalue weighted by atomic mass is 10.2. The number of rotatable bonds is 6. The van der Waals surface area contributed by atoms with Crippen LogP contribution in [-0.2, 0) is 18.4 Å². The van der Waals surface area contributed by atoms with Crippen LogP contribution >= 0.6 is 0 Å². The third kappa shape index (κ3) is 4.11. The Bertz CT molecular complexity index is 1040. The molecule has 0 radical (unpaired) electrons. The fourth-order valence-corrected chi connectivity index (χ4v) is 2.52. The van der Waals surface area contributed by atoms with Crippen LogP contribution in [0.2, 0.25) is 0 Å². The van der Waals surface area contributed by atoms with E-state index in [9.17, 15) is 18.8 Å². The first-order valence-electron chi connectivity index (χ1n) is 8.26. The van der Waals surface area contributed by atoms with Crippen LogP contribution in [0.5, 0.6) is 0 Å². The number of nitrogens with zero attached hydrogens (tertiary/aromatic N) is 3. The van der Waals surface area contributed by atoms with Gasteiger partial charge in [0, 0.05) is 24.5 Å². The second-order valence-corrected chi connectivity index (χ2v) is 6.12. The number of aromatic amines is 1. The standard InChI is InChI=1S/C18H17FN6O3/c1-10-5-12(3-4-14(10)19)22-17(27)15-6-11(9-25(15)2)16(26)18(28)20-7-13-8-21-24-23-13/h3-6,8-9H,7H2,1-2H3,(H,20,28)(H,22,27)(H,21,23,24). The first kappa shape index (κ1) is 19.0. The Morgan fingerprint density at radius 3 is 2.71 bits per heavy atom. The molecule has 0 saturated carbocycles. The van der Waals surface area contributed by atoms with Crippen LogP contribution in [0.25, 0.3) is 0 Å². The average Bonchev–Trinajstić information content (AvgIpc) is 3.31. The number of benzene rings is 1. The van der Waals surface area contributed by atoms with Crippen LogP contribution in [0.15, 0.2) is 36.7 Å². The average molecular weight is 384 g/mol. The van der Waals surface area contributed by atoms with Gasteiger partial charge in [0.1, 0.15) is 17.2 Å². The van der Waals surface area contributed by atoms with Crippen LogP contribution in [0.3, 0.4) is 0 Å². The number of carbonyl (C=O) groups excluding carboxylic acids is 3. The zero-order valence-corrected chi connectivity index (χ0v) is 15.1. The molecule has 9 nitrogen and oxygen atoms in total. The molecule has 0 aliphatic carbocycles. The van der Waals surface area contributed by atoms with Crippen LogP contribution < -0.4 is 10.6 Å². The first-order chi connectivity index (χ1) is 13.3. The van der Waals surface area contributed by atoms with Crippen molar-refractivity contribution in [2.75, 3.05) is 5.32 Å². The van der Waals surface area contributed by atoms with Crippen molar-refractivity contribution >= 4 is 23.3 Å². The summed E-state index contributed by atoms with van der Waals surface area (Å²) in [6.45, 7) is 1.63. The molecule has 144 valence electrons. The zero-order chi connectivity index (χ0) is 20.3. The molecule has 1 aromatic carbocycles. The Balaban J connectivity index is 1.69. The lowest BCUT2D eigenvalue weighted by Gasteiger charge is -2.07. The Morgan fingerprint density at radius 2 is 2.04 bits per heavy atom. The van der Waals surface area contributed by atoms with Gasteiger partial charge in [-0.05, 0) is 36.8 Å². The number of aryl methyl sites for hydroxylation is 2. The van der Waals surface area contributed by atoms with Gasteiger partial charge in [0.2, 0.25) is 0 Å². The van der Waals surface area contributed by atoms with Gasteiger partial charge in [-0.1, -0.05) is 0 Å². The molecule has 3 aromatic rings. The Hall–Kier alpha value is -3.82. The first-order valence-corrected chi connectivity index (χ1v) is 8.26. The van der Waals surface area contributed by atoms with Crippen LogP contribution in [0.4, 0.5) is 10.1 Å². The summed E-state index contributed by atoms with van der Waals surface area (Å²) in [7, 11) is 1.58. The highest BCUT2D eigenvalue weighted by Gasteiger charge is 2.21. The van der Waals surface area contributed by atoms with E-state index < -0.39 is 17.6 Å². The molecule has 0 fully saturated rings. The molecule has 3 N–H and O–H groups in total. The van der Waals surface area contributed by atoms with Gasteiger partial charge in [0.25, 0.3) is 17.6 Å². The summed E-state index contributed by atoms with van der Waals surface area (Å²) in [5, 5.41) is 14.8. The van der Waals surface area contributed by atoms with Gasteiger partial charge in [-0.25, -0.2) is 4.39 Å². The van der Waals surface area contributed by atoms with Crippen LogP contribution in [0.1, 0.15) is 32.1 Å². The molecule has 2 amide bonds. The number of amides is 2. The summed E-state index contributed by atoms with van der Waals surface area (Å²) >= 11 is 0. The number of ketones is 1. The number of halogens is 1. The maximum atomic E-state index is 13.3. The highest BCUT2D eigenvalue weighted by atomic mass is 19.1. The predicted molar refractivity (Wildman–Crippen MR) is 97.1 cm³/mol. The SMILES string of the molecule is Cc1cc(NC(=O)c2cc(C(=O)C(=O)NCc3cn[nH]n3)cn2C)ccc1F. The second-order valence-electron chi connectivity index (χ2n) is 6.12. The third-order valence-electron chi connectivity index (χ3n) is 4.02. The van der Waals surface area contributed by atoms with Crippen LogP contribution in [0, 0.1) is 12.7 Å². The van der Waals surface area contributed by atoms with E-state index in [1.165, 1.54) is 41.2 Å². The summed E-state index contributed by atoms with van der Waals surface area (Å²) in [6, 6.07) is 5.51. The van der Waals surface area contributed by atoms with Crippen molar-refractivity contribution in [1.29, 1.82) is 0 Å². The number of carbonyl (C=O) groups is 3. The number of anilines is 1. The molecule has 0 unspecified atom stereocenters. The van der Waals surface area contributed by atoms with Crippen molar-refractivity contribution in [3.05, 3.63) is 65.0 Å². The Labute approximate surface area is 158 Å². The van der Waals surface area contributed by atoms with E-state index in [2.05, 4.69) is 26.0 Å². The highest BCUT2D eigenvalue weighted by Crippen LogP contribution is 2.16. The third-order valence-corrected chi connectivity index (χ3v) is 4.02. The number of H-pyrrole nitrogens is 1. The highest BCUT2D eigenvalue weighted by molar-refractivity contribution is 6.42. The fraction of sp³-hybridized carbons (Fsp3) is 0.167. The summed E-state index contributed by atoms with van der Waals surface area (Å²) in [5.41, 5.74) is 1.53. The van der Waals surface area contributed by atoms with Gasteiger partial charge in [-0.15, -0.1) is 0 Å². The molecule has 0 saturated heterocycles. The molecule has 10 heteroatoms. The van der Waals surface area contributed by atoms with Crippen LogP contribution in [-0.4, -0.2) is 37.6 Å². The van der Waals surface area contributed by atoms with Gasteiger partial charge >= 0.3 is 0 Å². The molecule has 0 atom stereocenters. The largest absolute Gasteiger partial charge is 0.346 e. The molecule has 0 aliphatic heterocycles. The lowest BCUT2D eigenvalue weighted by molar-refractivity contribution is -0.117. The van der Waals surface area contributed by atoms with Crippen molar-refractivity contribution in [1.82, 2.24) is 25.3 Å². The van der Waals surface area contributed by atoms with E-state index >= 15 is 0 Å². The number of Topliss-reactive ketones (excluding diaryl/α,β-unsaturated/α-hetero) is 1. The summed E-state index contributed by atoms with van der Waals surface area (Å²) in [5.74, 6) is -2.47. The topological polar surface area (TPSA) is 122 Å². The molecule has 0 aliphatic rings. The number of hydrogen-bond donors (Lipinski definition) is 3. The maximum absolute atomic E-state index is 13.3. The number of aromatic nitrogens is 4. The monoisotopic (exact) mass is 384 g/mol. The normalized spacial score (nSPS) is 10.5. The summed E-state index contributed by atoms with van der Waals surface area (Å²) < 4.78 is 14.8. The smallest absolute Gasteiger partial charge is 0.292 e. The molecular weight excluding hydrogens is 367 g/mol. The minimum atomic E-state index is -0.824. The van der Waals surface area contributed by atoms with Crippen molar-refractivity contribution in [3.8, 4) is 0 Å². The Morgan fingerprint density at radius 1 is 1.25 bits per heavy atom. The van der Waals surface area contributed by atoms with Gasteiger partial charge in [0.05, 0.1) is 12.7 Å². The van der Waals surface area contributed by atoms with Gasteiger partial charge in [-0.2, -0.15) is 15.4 Å². The van der Waals surface area contributed by atoms with Gasteiger partial charge in [-0.3, -0.25) is 14.4 Å². The predicted octanol–water partition coefficient (Wildman–Crippen LogP) is 1.34. The minimum absolute atomic E-state index is 0.0468. The van der Waals surface area contributed by atoms with Crippen molar-refractivity contribution in [2.24, 2.45) is 7.05 Å². The lowest BCUT2D eigenvalue weighted by Crippen LogP contribution is -2.30. The fourth-order valence-electron chi connectivity index (χ4n) is 2.52. The van der Waals surface area contributed by atoms with E-state index in [4.69, 9.17) is 0 Å². The van der Waals surface area contributed by atoms with Crippen molar-refractivity contribution in [2.45, 2.75) is 13.5 Å². The zero-order valence-electron chi connectivity index (χ0n) is 15.1. The Kier molecular flexibility index (Phi) is 5.30. The van der Waals surface area contributed by atoms with Gasteiger partial charge in [0.15, 0.2) is 0 Å². The van der Waals surface area contributed by atoms with E-state index in [-0.39, 0.29) is 23.6 Å². The van der Waals surface area contributed by atoms with E-state index in [0.29, 0.717) is 16.9 Å². The van der Waals surface area contributed by atoms with Crippen molar-refractivity contribution < 1.29 is 18.8 Å². The van der Waals surface area contributed by atoms with Crippen molar-refractivity contribution in [3.63, 3.8) is 0 Å². The molecule has 2 aromatic heterocycles. The summed E-state index contributed by atoms with van der Waals surface area (Å²) in [4.78, 5) is 36.8. The van der Waals surface area contributed by atoms with E-state index in [1.807, 2.05) is 0 Å². The molecule has 28 heavy (non-hydrogen) atoms. The molecular formula is C18H17FN6O3. The van der Waals surface area contributed by atoms with E-state index in [1.54, 1.807) is 14.0 Å². The number of nitrogens with one attached hydrogen (secondary N) is 3. The second kappa shape index (κ2) is 7.82. The number of hydrogen-bond acceptors (Lipinski definition) is 5.